The highest BCUT2D eigenvalue weighted by molar-refractivity contribution is 5.79. The van der Waals surface area contributed by atoms with Crippen LogP contribution in [-0.4, -0.2) is 28.8 Å². The molecular formula is C26H28N2O. The number of rotatable bonds is 7. The quantitative estimate of drug-likeness (QED) is 0.588. The molecule has 1 saturated heterocycles. The van der Waals surface area contributed by atoms with E-state index < -0.39 is 0 Å². The van der Waals surface area contributed by atoms with Crippen molar-refractivity contribution in [2.24, 2.45) is 5.92 Å². The molecular weight excluding hydrogens is 356 g/mol. The van der Waals surface area contributed by atoms with Gasteiger partial charge in [-0.15, -0.1) is 0 Å². The molecule has 3 aromatic rings. The van der Waals surface area contributed by atoms with Crippen LogP contribution in [0, 0.1) is 5.92 Å². The Hall–Kier alpha value is -2.91. The van der Waals surface area contributed by atoms with Crippen molar-refractivity contribution in [2.75, 3.05) is 13.1 Å². The standard InChI is InChI=1S/C26H28N2O/c29-26(25-16-17-27(21-25)18-22-10-4-1-5-11-22)28(19-23-12-6-2-7-13-23)20-24-14-8-3-9-15-24/h1-15,25H,16-21H2. The minimum atomic E-state index is 0.0751. The molecule has 4 rings (SSSR count). The highest BCUT2D eigenvalue weighted by Gasteiger charge is 2.31. The monoisotopic (exact) mass is 384 g/mol. The molecule has 29 heavy (non-hydrogen) atoms. The highest BCUT2D eigenvalue weighted by Crippen LogP contribution is 2.23. The van der Waals surface area contributed by atoms with E-state index in [-0.39, 0.29) is 11.8 Å². The van der Waals surface area contributed by atoms with Crippen molar-refractivity contribution in [1.82, 2.24) is 9.80 Å². The van der Waals surface area contributed by atoms with Crippen molar-refractivity contribution >= 4 is 5.91 Å². The Labute approximate surface area is 173 Å². The second-order valence-electron chi connectivity index (χ2n) is 7.87. The van der Waals surface area contributed by atoms with Crippen LogP contribution in [0.4, 0.5) is 0 Å². The topological polar surface area (TPSA) is 23.6 Å². The van der Waals surface area contributed by atoms with Gasteiger partial charge in [-0.2, -0.15) is 0 Å². The van der Waals surface area contributed by atoms with Gasteiger partial charge >= 0.3 is 0 Å². The van der Waals surface area contributed by atoms with Crippen molar-refractivity contribution in [3.8, 4) is 0 Å². The summed E-state index contributed by atoms with van der Waals surface area (Å²) in [6, 6.07) is 31.1. The minimum absolute atomic E-state index is 0.0751. The SMILES string of the molecule is O=C(C1CCN(Cc2ccccc2)C1)N(Cc1ccccc1)Cc1ccccc1. The molecule has 0 bridgehead atoms. The van der Waals surface area contributed by atoms with E-state index in [1.807, 2.05) is 47.4 Å². The molecule has 0 aliphatic carbocycles. The first kappa shape index (κ1) is 19.4. The van der Waals surface area contributed by atoms with E-state index in [0.717, 1.165) is 26.1 Å². The van der Waals surface area contributed by atoms with Crippen LogP contribution < -0.4 is 0 Å². The van der Waals surface area contributed by atoms with Crippen molar-refractivity contribution < 1.29 is 4.79 Å². The van der Waals surface area contributed by atoms with Crippen LogP contribution in [0.2, 0.25) is 0 Å². The molecule has 3 heteroatoms. The predicted octanol–water partition coefficient (Wildman–Crippen LogP) is 4.74. The number of hydrogen-bond donors (Lipinski definition) is 0. The molecule has 0 saturated carbocycles. The molecule has 1 fully saturated rings. The Balaban J connectivity index is 1.44. The fraction of sp³-hybridized carbons (Fsp3) is 0.269. The second kappa shape index (κ2) is 9.53. The number of carbonyl (C=O) groups is 1. The molecule has 3 nitrogen and oxygen atoms in total. The van der Waals surface area contributed by atoms with E-state index in [1.165, 1.54) is 16.7 Å². The first-order chi connectivity index (χ1) is 14.3. The number of likely N-dealkylation sites (tertiary alicyclic amines) is 1. The maximum Gasteiger partial charge on any atom is 0.227 e. The molecule has 148 valence electrons. The lowest BCUT2D eigenvalue weighted by Crippen LogP contribution is -2.36. The predicted molar refractivity (Wildman–Crippen MR) is 117 cm³/mol. The van der Waals surface area contributed by atoms with E-state index in [4.69, 9.17) is 0 Å². The van der Waals surface area contributed by atoms with Gasteiger partial charge in [0.05, 0.1) is 5.92 Å². The van der Waals surface area contributed by atoms with Gasteiger partial charge in [0.1, 0.15) is 0 Å². The molecule has 0 aromatic heterocycles. The summed E-state index contributed by atoms with van der Waals surface area (Å²) in [6.07, 6.45) is 0.936. The van der Waals surface area contributed by atoms with Crippen LogP contribution in [-0.2, 0) is 24.4 Å². The van der Waals surface area contributed by atoms with Crippen LogP contribution >= 0.6 is 0 Å². The number of hydrogen-bond acceptors (Lipinski definition) is 2. The zero-order chi connectivity index (χ0) is 19.9. The zero-order valence-corrected chi connectivity index (χ0v) is 16.8. The summed E-state index contributed by atoms with van der Waals surface area (Å²) in [7, 11) is 0. The third kappa shape index (κ3) is 5.33. The average molecular weight is 385 g/mol. The summed E-state index contributed by atoms with van der Waals surface area (Å²) < 4.78 is 0. The van der Waals surface area contributed by atoms with Gasteiger partial charge in [-0.1, -0.05) is 91.0 Å². The van der Waals surface area contributed by atoms with Gasteiger partial charge in [0.25, 0.3) is 0 Å². The van der Waals surface area contributed by atoms with Crippen LogP contribution in [0.25, 0.3) is 0 Å². The molecule has 0 spiro atoms. The zero-order valence-electron chi connectivity index (χ0n) is 16.8. The summed E-state index contributed by atoms with van der Waals surface area (Å²) in [5.74, 6) is 0.347. The van der Waals surface area contributed by atoms with Gasteiger partial charge in [0.15, 0.2) is 0 Å². The van der Waals surface area contributed by atoms with Crippen LogP contribution in [0.15, 0.2) is 91.0 Å². The van der Waals surface area contributed by atoms with Gasteiger partial charge in [-0.05, 0) is 29.7 Å². The molecule has 1 atom stereocenters. The first-order valence-corrected chi connectivity index (χ1v) is 10.4. The summed E-state index contributed by atoms with van der Waals surface area (Å²) in [4.78, 5) is 17.9. The Morgan fingerprint density at radius 3 is 1.76 bits per heavy atom. The maximum atomic E-state index is 13.5. The summed E-state index contributed by atoms with van der Waals surface area (Å²) in [6.45, 7) is 4.05. The third-order valence-electron chi connectivity index (χ3n) is 5.61. The van der Waals surface area contributed by atoms with Gasteiger partial charge in [0.2, 0.25) is 5.91 Å². The van der Waals surface area contributed by atoms with E-state index in [2.05, 4.69) is 53.4 Å². The van der Waals surface area contributed by atoms with Crippen molar-refractivity contribution in [2.45, 2.75) is 26.1 Å². The molecule has 1 heterocycles. The number of benzene rings is 3. The van der Waals surface area contributed by atoms with Gasteiger partial charge in [-0.25, -0.2) is 0 Å². The lowest BCUT2D eigenvalue weighted by Gasteiger charge is -2.26. The smallest absolute Gasteiger partial charge is 0.227 e. The fourth-order valence-corrected chi connectivity index (χ4v) is 4.10. The van der Waals surface area contributed by atoms with Gasteiger partial charge < -0.3 is 4.90 Å². The maximum absolute atomic E-state index is 13.5. The molecule has 0 radical (unpaired) electrons. The summed E-state index contributed by atoms with van der Waals surface area (Å²) >= 11 is 0. The third-order valence-corrected chi connectivity index (χ3v) is 5.61. The van der Waals surface area contributed by atoms with E-state index in [9.17, 15) is 4.79 Å². The van der Waals surface area contributed by atoms with E-state index >= 15 is 0 Å². The average Bonchev–Trinajstić information content (AvgIpc) is 3.23. The Morgan fingerprint density at radius 2 is 1.24 bits per heavy atom. The molecule has 1 unspecified atom stereocenters. The Bertz CT molecular complexity index is 854. The Morgan fingerprint density at radius 1 is 0.759 bits per heavy atom. The van der Waals surface area contributed by atoms with Gasteiger partial charge in [0, 0.05) is 26.2 Å². The number of nitrogens with zero attached hydrogens (tertiary/aromatic N) is 2. The van der Waals surface area contributed by atoms with Crippen molar-refractivity contribution in [1.29, 1.82) is 0 Å². The van der Waals surface area contributed by atoms with Crippen molar-refractivity contribution in [3.63, 3.8) is 0 Å². The minimum Gasteiger partial charge on any atom is -0.334 e. The fourth-order valence-electron chi connectivity index (χ4n) is 4.10. The van der Waals surface area contributed by atoms with E-state index in [0.29, 0.717) is 13.1 Å². The summed E-state index contributed by atoms with van der Waals surface area (Å²) in [5, 5.41) is 0. The highest BCUT2D eigenvalue weighted by atomic mass is 16.2. The van der Waals surface area contributed by atoms with E-state index in [1.54, 1.807) is 0 Å². The Kier molecular flexibility index (Phi) is 6.38. The van der Waals surface area contributed by atoms with Crippen LogP contribution in [0.3, 0.4) is 0 Å². The second-order valence-corrected chi connectivity index (χ2v) is 7.87. The molecule has 0 N–H and O–H groups in total. The number of carbonyl (C=O) groups excluding carboxylic acids is 1. The normalized spacial score (nSPS) is 16.6. The molecule has 3 aromatic carbocycles. The lowest BCUT2D eigenvalue weighted by molar-refractivity contribution is -0.136. The van der Waals surface area contributed by atoms with Crippen LogP contribution in [0.1, 0.15) is 23.1 Å². The molecule has 1 aliphatic heterocycles. The molecule has 1 aliphatic rings. The lowest BCUT2D eigenvalue weighted by atomic mass is 10.1. The molecule has 1 amide bonds. The van der Waals surface area contributed by atoms with Gasteiger partial charge in [-0.3, -0.25) is 9.69 Å². The van der Waals surface area contributed by atoms with Crippen molar-refractivity contribution in [3.05, 3.63) is 108 Å². The van der Waals surface area contributed by atoms with Crippen LogP contribution in [0.5, 0.6) is 0 Å². The summed E-state index contributed by atoms with van der Waals surface area (Å²) in [5.41, 5.74) is 3.66. The first-order valence-electron chi connectivity index (χ1n) is 10.4. The number of amides is 1. The largest absolute Gasteiger partial charge is 0.334 e.